The van der Waals surface area contributed by atoms with Gasteiger partial charge in [-0.15, -0.1) is 0 Å². The van der Waals surface area contributed by atoms with Gasteiger partial charge < -0.3 is 10.1 Å². The summed E-state index contributed by atoms with van der Waals surface area (Å²) in [6.07, 6.45) is 7.69. The number of nitrogens with one attached hydrogen (secondary N) is 1. The molecule has 1 aliphatic carbocycles. The van der Waals surface area contributed by atoms with Crippen LogP contribution >= 0.6 is 11.3 Å². The summed E-state index contributed by atoms with van der Waals surface area (Å²) in [4.78, 5) is 21.1. The second kappa shape index (κ2) is 6.15. The average molecular weight is 335 g/mol. The van der Waals surface area contributed by atoms with Crippen molar-refractivity contribution in [1.82, 2.24) is 9.88 Å². The number of carbonyl (C=O) groups is 1. The molecule has 1 saturated carbocycles. The van der Waals surface area contributed by atoms with Crippen LogP contribution < -0.4 is 5.32 Å². The molecule has 1 amide bonds. The topological polar surface area (TPSA) is 54.5 Å². The van der Waals surface area contributed by atoms with Crippen LogP contribution in [0.5, 0.6) is 0 Å². The molecule has 4 rings (SSSR count). The molecule has 1 aromatic rings. The molecule has 2 fully saturated rings. The van der Waals surface area contributed by atoms with E-state index in [0.717, 1.165) is 37.2 Å². The number of methoxy groups -OCH3 is 1. The van der Waals surface area contributed by atoms with Gasteiger partial charge in [-0.2, -0.15) is 0 Å². The lowest BCUT2D eigenvalue weighted by molar-refractivity contribution is -0.122. The first-order valence-corrected chi connectivity index (χ1v) is 9.52. The Morgan fingerprint density at radius 2 is 2.22 bits per heavy atom. The summed E-state index contributed by atoms with van der Waals surface area (Å²) in [6, 6.07) is 1.15. The number of thiazole rings is 1. The van der Waals surface area contributed by atoms with Crippen LogP contribution in [-0.4, -0.2) is 42.1 Å². The molecule has 2 aliphatic heterocycles. The SMILES string of the molecule is CO[C@H]1CCC[C@@H](C(=O)Nc2nc3c(s2)[C@H]2CC[C@@H](C3)N2C)C1. The Balaban J connectivity index is 1.45. The minimum atomic E-state index is 0.0637. The van der Waals surface area contributed by atoms with Gasteiger partial charge >= 0.3 is 0 Å². The molecule has 23 heavy (non-hydrogen) atoms. The van der Waals surface area contributed by atoms with Crippen molar-refractivity contribution in [3.05, 3.63) is 10.6 Å². The summed E-state index contributed by atoms with van der Waals surface area (Å²) < 4.78 is 5.43. The van der Waals surface area contributed by atoms with Gasteiger partial charge in [0.2, 0.25) is 5.91 Å². The molecule has 1 N–H and O–H groups in total. The molecule has 0 unspecified atom stereocenters. The molecule has 1 aromatic heterocycles. The third kappa shape index (κ3) is 2.81. The van der Waals surface area contributed by atoms with E-state index >= 15 is 0 Å². The molecule has 3 heterocycles. The summed E-state index contributed by atoms with van der Waals surface area (Å²) in [5.74, 6) is 0.185. The Kier molecular flexibility index (Phi) is 4.15. The van der Waals surface area contributed by atoms with Crippen molar-refractivity contribution in [3.63, 3.8) is 0 Å². The molecule has 6 heteroatoms. The van der Waals surface area contributed by atoms with Crippen LogP contribution in [0.1, 0.15) is 55.1 Å². The Morgan fingerprint density at radius 1 is 1.35 bits per heavy atom. The van der Waals surface area contributed by atoms with Crippen molar-refractivity contribution in [2.75, 3.05) is 19.5 Å². The fraction of sp³-hybridized carbons (Fsp3) is 0.765. The molecular weight excluding hydrogens is 310 g/mol. The lowest BCUT2D eigenvalue weighted by Crippen LogP contribution is -2.33. The van der Waals surface area contributed by atoms with E-state index in [9.17, 15) is 4.79 Å². The number of nitrogens with zero attached hydrogens (tertiary/aromatic N) is 2. The number of likely N-dealkylation sites (N-methyl/N-ethyl adjacent to an activating group) is 1. The van der Waals surface area contributed by atoms with E-state index in [1.165, 1.54) is 23.4 Å². The first-order valence-electron chi connectivity index (χ1n) is 8.71. The Hall–Kier alpha value is -0.980. The van der Waals surface area contributed by atoms with Crippen LogP contribution in [0.3, 0.4) is 0 Å². The zero-order chi connectivity index (χ0) is 16.0. The Bertz CT molecular complexity index is 603. The van der Waals surface area contributed by atoms with Crippen LogP contribution in [0, 0.1) is 5.92 Å². The van der Waals surface area contributed by atoms with Gasteiger partial charge in [0.05, 0.1) is 11.8 Å². The van der Waals surface area contributed by atoms with E-state index in [1.54, 1.807) is 18.4 Å². The second-order valence-electron chi connectivity index (χ2n) is 7.16. The molecule has 0 spiro atoms. The first kappa shape index (κ1) is 15.5. The molecule has 3 aliphatic rings. The molecule has 4 atom stereocenters. The maximum absolute atomic E-state index is 12.6. The molecule has 2 bridgehead atoms. The van der Waals surface area contributed by atoms with Crippen molar-refractivity contribution in [3.8, 4) is 0 Å². The van der Waals surface area contributed by atoms with E-state index in [2.05, 4.69) is 17.3 Å². The number of ether oxygens (including phenoxy) is 1. The lowest BCUT2D eigenvalue weighted by Gasteiger charge is -2.29. The Morgan fingerprint density at radius 3 is 3.04 bits per heavy atom. The van der Waals surface area contributed by atoms with Crippen molar-refractivity contribution in [1.29, 1.82) is 0 Å². The summed E-state index contributed by atoms with van der Waals surface area (Å²) in [6.45, 7) is 0. The normalized spacial score (nSPS) is 33.5. The molecule has 0 aromatic carbocycles. The maximum atomic E-state index is 12.6. The van der Waals surface area contributed by atoms with E-state index in [0.29, 0.717) is 12.1 Å². The summed E-state index contributed by atoms with van der Waals surface area (Å²) in [5.41, 5.74) is 1.22. The zero-order valence-electron chi connectivity index (χ0n) is 13.9. The smallest absolute Gasteiger partial charge is 0.229 e. The number of hydrogen-bond acceptors (Lipinski definition) is 5. The van der Waals surface area contributed by atoms with Crippen LogP contribution in [0.25, 0.3) is 0 Å². The second-order valence-corrected chi connectivity index (χ2v) is 8.19. The van der Waals surface area contributed by atoms with E-state index in [1.807, 2.05) is 0 Å². The monoisotopic (exact) mass is 335 g/mol. The largest absolute Gasteiger partial charge is 0.381 e. The first-order chi connectivity index (χ1) is 11.2. The van der Waals surface area contributed by atoms with Crippen molar-refractivity contribution < 1.29 is 9.53 Å². The predicted octanol–water partition coefficient (Wildman–Crippen LogP) is 2.98. The highest BCUT2D eigenvalue weighted by atomic mass is 32.1. The number of hydrogen-bond donors (Lipinski definition) is 1. The minimum Gasteiger partial charge on any atom is -0.381 e. The van der Waals surface area contributed by atoms with Gasteiger partial charge in [0.15, 0.2) is 5.13 Å². The molecule has 126 valence electrons. The number of amides is 1. The van der Waals surface area contributed by atoms with Crippen LogP contribution in [0.4, 0.5) is 5.13 Å². The van der Waals surface area contributed by atoms with E-state index in [-0.39, 0.29) is 17.9 Å². The van der Waals surface area contributed by atoms with Gasteiger partial charge in [0.1, 0.15) is 0 Å². The van der Waals surface area contributed by atoms with E-state index < -0.39 is 0 Å². The fourth-order valence-electron chi connectivity index (χ4n) is 4.43. The maximum Gasteiger partial charge on any atom is 0.229 e. The summed E-state index contributed by atoms with van der Waals surface area (Å²) in [5, 5.41) is 3.87. The van der Waals surface area contributed by atoms with Gasteiger partial charge in [0.25, 0.3) is 0 Å². The van der Waals surface area contributed by atoms with Gasteiger partial charge in [-0.25, -0.2) is 4.98 Å². The van der Waals surface area contributed by atoms with Gasteiger partial charge in [-0.05, 0) is 39.2 Å². The predicted molar refractivity (Wildman–Crippen MR) is 90.7 cm³/mol. The third-order valence-electron chi connectivity index (χ3n) is 5.86. The lowest BCUT2D eigenvalue weighted by atomic mass is 9.86. The van der Waals surface area contributed by atoms with Crippen molar-refractivity contribution in [2.45, 2.75) is 63.1 Å². The number of aromatic nitrogens is 1. The van der Waals surface area contributed by atoms with Gasteiger partial charge in [-0.1, -0.05) is 17.8 Å². The van der Waals surface area contributed by atoms with Crippen LogP contribution in [0.2, 0.25) is 0 Å². The number of carbonyl (C=O) groups excluding carboxylic acids is 1. The summed E-state index contributed by atoms with van der Waals surface area (Å²) >= 11 is 1.68. The minimum absolute atomic E-state index is 0.0637. The highest BCUT2D eigenvalue weighted by Crippen LogP contribution is 2.45. The van der Waals surface area contributed by atoms with Crippen LogP contribution in [-0.2, 0) is 16.0 Å². The molecule has 1 saturated heterocycles. The average Bonchev–Trinajstić information content (AvgIpc) is 3.07. The Labute approximate surface area is 141 Å². The van der Waals surface area contributed by atoms with Crippen molar-refractivity contribution >= 4 is 22.4 Å². The zero-order valence-corrected chi connectivity index (χ0v) is 14.7. The molecular formula is C17H25N3O2S. The number of rotatable bonds is 3. The highest BCUT2D eigenvalue weighted by molar-refractivity contribution is 7.16. The summed E-state index contributed by atoms with van der Waals surface area (Å²) in [7, 11) is 3.96. The van der Waals surface area contributed by atoms with Gasteiger partial charge in [0, 0.05) is 36.4 Å². The van der Waals surface area contributed by atoms with Crippen molar-refractivity contribution in [2.24, 2.45) is 5.92 Å². The standard InChI is InChI=1S/C17H25N3O2S/c1-20-11-6-7-14(20)15-13(9-11)18-17(23-15)19-16(21)10-4-3-5-12(8-10)22-2/h10-12,14H,3-9H2,1-2H3,(H,18,19,21)/t10-,11+,12+,14-/m1/s1. The number of fused-ring (bicyclic) bond motifs is 4. The molecule has 0 radical (unpaired) electrons. The van der Waals surface area contributed by atoms with E-state index in [4.69, 9.17) is 9.72 Å². The fourth-order valence-corrected chi connectivity index (χ4v) is 5.61. The van der Waals surface area contributed by atoms with Crippen LogP contribution in [0.15, 0.2) is 0 Å². The quantitative estimate of drug-likeness (QED) is 0.923. The molecule has 5 nitrogen and oxygen atoms in total. The van der Waals surface area contributed by atoms with Gasteiger partial charge in [-0.3, -0.25) is 9.69 Å². The number of anilines is 1. The highest BCUT2D eigenvalue weighted by Gasteiger charge is 2.40. The third-order valence-corrected chi connectivity index (χ3v) is 6.97.